The Morgan fingerprint density at radius 3 is 2.24 bits per heavy atom. The number of hydrogen-bond acceptors (Lipinski definition) is 3. The van der Waals surface area contributed by atoms with Crippen molar-refractivity contribution in [1.29, 1.82) is 0 Å². The van der Waals surface area contributed by atoms with Gasteiger partial charge in [-0.3, -0.25) is 4.79 Å². The molecular formula is C11H11F3O3. The summed E-state index contributed by atoms with van der Waals surface area (Å²) in [6.07, 6.45) is -4.45. The Balaban J connectivity index is 3.19. The van der Waals surface area contributed by atoms with Crippen LogP contribution in [0.25, 0.3) is 0 Å². The molecule has 1 aromatic rings. The number of carbonyl (C=O) groups is 1. The van der Waals surface area contributed by atoms with E-state index in [1.807, 2.05) is 0 Å². The number of benzene rings is 1. The van der Waals surface area contributed by atoms with Gasteiger partial charge < -0.3 is 9.84 Å². The van der Waals surface area contributed by atoms with Crippen LogP contribution in [0.15, 0.2) is 18.2 Å². The number of rotatable bonds is 3. The number of aldehydes is 1. The Kier molecular flexibility index (Phi) is 3.47. The monoisotopic (exact) mass is 248 g/mol. The number of halogens is 3. The van der Waals surface area contributed by atoms with Crippen molar-refractivity contribution >= 4 is 6.29 Å². The van der Waals surface area contributed by atoms with Crippen molar-refractivity contribution in [3.05, 3.63) is 29.3 Å². The van der Waals surface area contributed by atoms with Crippen molar-refractivity contribution in [3.63, 3.8) is 0 Å². The summed E-state index contributed by atoms with van der Waals surface area (Å²) in [7, 11) is 0. The standard InChI is InChI=1S/C11H11F3O3/c1-10(2,16)8-3-7(6-15)4-9(5-8)17-11(12,13)14/h3-6,16H,1-2H3. The lowest BCUT2D eigenvalue weighted by atomic mass is 9.96. The quantitative estimate of drug-likeness (QED) is 0.836. The normalized spacial score (nSPS) is 12.4. The van der Waals surface area contributed by atoms with E-state index in [2.05, 4.69) is 4.74 Å². The molecule has 0 saturated heterocycles. The van der Waals surface area contributed by atoms with Gasteiger partial charge in [0.1, 0.15) is 12.0 Å². The zero-order valence-corrected chi connectivity index (χ0v) is 9.21. The lowest BCUT2D eigenvalue weighted by Gasteiger charge is -2.19. The minimum Gasteiger partial charge on any atom is -0.406 e. The molecule has 0 heterocycles. The van der Waals surface area contributed by atoms with Crippen LogP contribution in [0.5, 0.6) is 5.75 Å². The third-order valence-corrected chi connectivity index (χ3v) is 2.00. The largest absolute Gasteiger partial charge is 0.573 e. The maximum Gasteiger partial charge on any atom is 0.573 e. The van der Waals surface area contributed by atoms with E-state index in [9.17, 15) is 23.1 Å². The Hall–Kier alpha value is -1.56. The molecule has 94 valence electrons. The number of ether oxygens (including phenoxy) is 1. The second kappa shape index (κ2) is 4.37. The zero-order valence-electron chi connectivity index (χ0n) is 9.21. The molecule has 0 aliphatic rings. The maximum absolute atomic E-state index is 12.0. The minimum atomic E-state index is -4.83. The van der Waals surface area contributed by atoms with E-state index in [1.54, 1.807) is 0 Å². The molecule has 0 aliphatic heterocycles. The highest BCUT2D eigenvalue weighted by molar-refractivity contribution is 5.76. The number of aliphatic hydroxyl groups is 1. The van der Waals surface area contributed by atoms with Crippen LogP contribution >= 0.6 is 0 Å². The van der Waals surface area contributed by atoms with E-state index >= 15 is 0 Å². The lowest BCUT2D eigenvalue weighted by molar-refractivity contribution is -0.274. The van der Waals surface area contributed by atoms with Gasteiger partial charge in [0.15, 0.2) is 0 Å². The molecule has 0 fully saturated rings. The van der Waals surface area contributed by atoms with Crippen molar-refractivity contribution in [2.24, 2.45) is 0 Å². The molecule has 0 saturated carbocycles. The molecule has 17 heavy (non-hydrogen) atoms. The topological polar surface area (TPSA) is 46.5 Å². The third kappa shape index (κ3) is 4.07. The molecule has 0 aliphatic carbocycles. The van der Waals surface area contributed by atoms with Crippen LogP contribution < -0.4 is 4.74 Å². The minimum absolute atomic E-state index is 0.00359. The lowest BCUT2D eigenvalue weighted by Crippen LogP contribution is -2.19. The maximum atomic E-state index is 12.0. The highest BCUT2D eigenvalue weighted by Crippen LogP contribution is 2.29. The van der Waals surface area contributed by atoms with Crippen molar-refractivity contribution in [2.45, 2.75) is 25.8 Å². The van der Waals surface area contributed by atoms with Crippen LogP contribution in [0.3, 0.4) is 0 Å². The van der Waals surface area contributed by atoms with Gasteiger partial charge in [-0.05, 0) is 37.6 Å². The van der Waals surface area contributed by atoms with Crippen molar-refractivity contribution in [2.75, 3.05) is 0 Å². The smallest absolute Gasteiger partial charge is 0.406 e. The van der Waals surface area contributed by atoms with Gasteiger partial charge in [0, 0.05) is 5.56 Å². The molecule has 0 unspecified atom stereocenters. The molecule has 0 bridgehead atoms. The van der Waals surface area contributed by atoms with Gasteiger partial charge in [0.2, 0.25) is 0 Å². The molecule has 0 radical (unpaired) electrons. The van der Waals surface area contributed by atoms with Crippen LogP contribution in [0.4, 0.5) is 13.2 Å². The summed E-state index contributed by atoms with van der Waals surface area (Å²) in [4.78, 5) is 10.6. The summed E-state index contributed by atoms with van der Waals surface area (Å²) in [5.41, 5.74) is -1.19. The van der Waals surface area contributed by atoms with Gasteiger partial charge in [-0.2, -0.15) is 0 Å². The third-order valence-electron chi connectivity index (χ3n) is 2.00. The highest BCUT2D eigenvalue weighted by atomic mass is 19.4. The zero-order chi connectivity index (χ0) is 13.3. The number of alkyl halides is 3. The molecule has 0 atom stereocenters. The van der Waals surface area contributed by atoms with Crippen LogP contribution in [-0.4, -0.2) is 17.8 Å². The average molecular weight is 248 g/mol. The molecule has 3 nitrogen and oxygen atoms in total. The summed E-state index contributed by atoms with van der Waals surface area (Å²) in [6, 6.07) is 3.30. The summed E-state index contributed by atoms with van der Waals surface area (Å²) in [5, 5.41) is 9.68. The first-order valence-corrected chi connectivity index (χ1v) is 4.71. The van der Waals surface area contributed by atoms with Crippen molar-refractivity contribution in [1.82, 2.24) is 0 Å². The van der Waals surface area contributed by atoms with E-state index in [-0.39, 0.29) is 11.1 Å². The van der Waals surface area contributed by atoms with Gasteiger partial charge in [-0.25, -0.2) is 0 Å². The SMILES string of the molecule is CC(C)(O)c1cc(C=O)cc(OC(F)(F)F)c1. The molecule has 0 spiro atoms. The van der Waals surface area contributed by atoms with Crippen LogP contribution in [0.2, 0.25) is 0 Å². The van der Waals surface area contributed by atoms with E-state index in [0.717, 1.165) is 12.1 Å². The number of hydrogen-bond donors (Lipinski definition) is 1. The van der Waals surface area contributed by atoms with E-state index in [0.29, 0.717) is 6.29 Å². The molecule has 6 heteroatoms. The number of carbonyl (C=O) groups excluding carboxylic acids is 1. The van der Waals surface area contributed by atoms with Gasteiger partial charge in [0.05, 0.1) is 5.60 Å². The molecule has 0 aromatic heterocycles. The summed E-state index contributed by atoms with van der Waals surface area (Å²) < 4.78 is 39.8. The second-order valence-electron chi connectivity index (χ2n) is 4.02. The van der Waals surface area contributed by atoms with Crippen LogP contribution in [-0.2, 0) is 5.60 Å². The average Bonchev–Trinajstić information content (AvgIpc) is 2.13. The van der Waals surface area contributed by atoms with Crippen molar-refractivity contribution in [3.8, 4) is 5.75 Å². The first-order valence-electron chi connectivity index (χ1n) is 4.71. The molecule has 0 amide bonds. The Morgan fingerprint density at radius 1 is 1.24 bits per heavy atom. The van der Waals surface area contributed by atoms with Crippen LogP contribution in [0.1, 0.15) is 29.8 Å². The highest BCUT2D eigenvalue weighted by Gasteiger charge is 2.31. The van der Waals surface area contributed by atoms with Crippen LogP contribution in [0, 0.1) is 0 Å². The molecule has 1 aromatic carbocycles. The summed E-state index contributed by atoms with van der Waals surface area (Å²) in [5.74, 6) is -0.528. The van der Waals surface area contributed by atoms with Gasteiger partial charge >= 0.3 is 6.36 Å². The fraction of sp³-hybridized carbons (Fsp3) is 0.364. The molecular weight excluding hydrogens is 237 g/mol. The van der Waals surface area contributed by atoms with Gasteiger partial charge in [0.25, 0.3) is 0 Å². The fourth-order valence-electron chi connectivity index (χ4n) is 1.24. The first kappa shape index (κ1) is 13.5. The second-order valence-corrected chi connectivity index (χ2v) is 4.02. The first-order chi connectivity index (χ1) is 7.62. The Bertz CT molecular complexity index is 419. The van der Waals surface area contributed by atoms with Crippen molar-refractivity contribution < 1.29 is 27.8 Å². The molecule has 1 rings (SSSR count). The van der Waals surface area contributed by atoms with Gasteiger partial charge in [-0.15, -0.1) is 13.2 Å². The van der Waals surface area contributed by atoms with E-state index < -0.39 is 17.7 Å². The predicted octanol–water partition coefficient (Wildman–Crippen LogP) is 2.63. The van der Waals surface area contributed by atoms with E-state index in [4.69, 9.17) is 0 Å². The van der Waals surface area contributed by atoms with Gasteiger partial charge in [-0.1, -0.05) is 0 Å². The predicted molar refractivity (Wildman–Crippen MR) is 53.8 cm³/mol. The van der Waals surface area contributed by atoms with E-state index in [1.165, 1.54) is 19.9 Å². The summed E-state index contributed by atoms with van der Waals surface area (Å²) >= 11 is 0. The summed E-state index contributed by atoms with van der Waals surface area (Å²) in [6.45, 7) is 2.79. The molecule has 1 N–H and O–H groups in total. The Morgan fingerprint density at radius 2 is 1.82 bits per heavy atom. The Labute approximate surface area is 95.8 Å². The fourth-order valence-corrected chi connectivity index (χ4v) is 1.24.